The summed E-state index contributed by atoms with van der Waals surface area (Å²) in [4.78, 5) is 0. The molecule has 15 heavy (non-hydrogen) atoms. The first-order chi connectivity index (χ1) is 6.88. The molecule has 0 saturated carbocycles. The molecule has 0 bridgehead atoms. The molecule has 0 nitrogen and oxygen atoms in total. The van der Waals surface area contributed by atoms with Gasteiger partial charge in [-0.25, -0.2) is 0 Å². The van der Waals surface area contributed by atoms with Crippen molar-refractivity contribution < 1.29 is 0 Å². The molecule has 0 saturated heterocycles. The Kier molecular flexibility index (Phi) is 4.60. The Morgan fingerprint density at radius 2 is 1.00 bits per heavy atom. The highest BCUT2D eigenvalue weighted by atomic mass is 35.5. The van der Waals surface area contributed by atoms with E-state index in [0.717, 1.165) is 0 Å². The van der Waals surface area contributed by atoms with Crippen LogP contribution in [0.15, 0.2) is 60.7 Å². The molecular weight excluding hydrogens is 220 g/mol. The van der Waals surface area contributed by atoms with Crippen LogP contribution in [0.2, 0.25) is 6.55 Å². The van der Waals surface area contributed by atoms with Crippen LogP contribution in [0.25, 0.3) is 0 Å². The largest absolute Gasteiger partial charge is 0.147 e. The summed E-state index contributed by atoms with van der Waals surface area (Å²) in [6.07, 6.45) is 0. The van der Waals surface area contributed by atoms with Gasteiger partial charge in [-0.2, -0.15) is 0 Å². The van der Waals surface area contributed by atoms with Gasteiger partial charge in [0.15, 0.2) is 0 Å². The molecule has 0 aliphatic heterocycles. The Labute approximate surface area is 99.0 Å². The van der Waals surface area contributed by atoms with Crippen molar-refractivity contribution in [2.24, 2.45) is 0 Å². The predicted octanol–water partition coefficient (Wildman–Crippen LogP) is 2.08. The molecule has 2 aromatic carbocycles. The Hall–Kier alpha value is -1.05. The summed E-state index contributed by atoms with van der Waals surface area (Å²) in [5, 5.41) is 3.03. The average molecular weight is 235 g/mol. The minimum absolute atomic E-state index is 0. The summed E-state index contributed by atoms with van der Waals surface area (Å²) in [7, 11) is -0.919. The van der Waals surface area contributed by atoms with Gasteiger partial charge in [0.25, 0.3) is 0 Å². The Balaban J connectivity index is 0.00000112. The molecule has 0 radical (unpaired) electrons. The summed E-state index contributed by atoms with van der Waals surface area (Å²) in [6, 6.07) is 21.6. The normalized spacial score (nSPS) is 9.73. The molecule has 2 rings (SSSR count). The number of rotatable bonds is 2. The smallest absolute Gasteiger partial charge is 0.0997 e. The Morgan fingerprint density at radius 3 is 1.33 bits per heavy atom. The SMILES string of the molecule is C[SiH](c1ccccc1)c1ccccc1.Cl. The zero-order chi connectivity index (χ0) is 9.80. The van der Waals surface area contributed by atoms with Crippen LogP contribution in [0.1, 0.15) is 0 Å². The molecule has 0 aliphatic carbocycles. The molecule has 78 valence electrons. The van der Waals surface area contributed by atoms with Gasteiger partial charge >= 0.3 is 0 Å². The first-order valence-electron chi connectivity index (χ1n) is 4.98. The van der Waals surface area contributed by atoms with E-state index in [4.69, 9.17) is 0 Å². The van der Waals surface area contributed by atoms with E-state index in [2.05, 4.69) is 67.2 Å². The zero-order valence-electron chi connectivity index (χ0n) is 8.76. The Bertz CT molecular complexity index is 346. The van der Waals surface area contributed by atoms with Crippen LogP contribution < -0.4 is 10.4 Å². The molecule has 0 aliphatic rings. The van der Waals surface area contributed by atoms with E-state index in [1.807, 2.05) is 0 Å². The zero-order valence-corrected chi connectivity index (χ0v) is 10.7. The number of halogens is 1. The molecule has 0 heterocycles. The molecule has 0 aromatic heterocycles. The van der Waals surface area contributed by atoms with Crippen molar-refractivity contribution in [1.29, 1.82) is 0 Å². The Morgan fingerprint density at radius 1 is 0.667 bits per heavy atom. The van der Waals surface area contributed by atoms with Crippen molar-refractivity contribution in [2.45, 2.75) is 6.55 Å². The van der Waals surface area contributed by atoms with E-state index in [0.29, 0.717) is 0 Å². The van der Waals surface area contributed by atoms with Gasteiger partial charge in [0.2, 0.25) is 0 Å². The van der Waals surface area contributed by atoms with Crippen molar-refractivity contribution in [3.63, 3.8) is 0 Å². The summed E-state index contributed by atoms with van der Waals surface area (Å²) in [6.45, 7) is 2.38. The van der Waals surface area contributed by atoms with Crippen molar-refractivity contribution in [1.82, 2.24) is 0 Å². The lowest BCUT2D eigenvalue weighted by Gasteiger charge is -2.09. The van der Waals surface area contributed by atoms with E-state index >= 15 is 0 Å². The van der Waals surface area contributed by atoms with Crippen LogP contribution in [0.5, 0.6) is 0 Å². The molecule has 0 spiro atoms. The minimum Gasteiger partial charge on any atom is -0.147 e. The summed E-state index contributed by atoms with van der Waals surface area (Å²) >= 11 is 0. The van der Waals surface area contributed by atoms with Crippen LogP contribution in [0.3, 0.4) is 0 Å². The topological polar surface area (TPSA) is 0 Å². The molecule has 2 aromatic rings. The van der Waals surface area contributed by atoms with Crippen LogP contribution in [0, 0.1) is 0 Å². The van der Waals surface area contributed by atoms with Crippen molar-refractivity contribution in [3.8, 4) is 0 Å². The van der Waals surface area contributed by atoms with Crippen LogP contribution in [-0.2, 0) is 0 Å². The third-order valence-corrected chi connectivity index (χ3v) is 5.37. The van der Waals surface area contributed by atoms with Gasteiger partial charge in [-0.1, -0.05) is 77.6 Å². The van der Waals surface area contributed by atoms with Crippen molar-refractivity contribution >= 4 is 31.6 Å². The summed E-state index contributed by atoms with van der Waals surface area (Å²) < 4.78 is 0. The van der Waals surface area contributed by atoms with E-state index < -0.39 is 8.80 Å². The second kappa shape index (κ2) is 5.74. The quantitative estimate of drug-likeness (QED) is 0.699. The maximum atomic E-state index is 2.38. The maximum Gasteiger partial charge on any atom is 0.0997 e. The summed E-state index contributed by atoms with van der Waals surface area (Å²) in [5.74, 6) is 0. The fourth-order valence-electron chi connectivity index (χ4n) is 1.68. The average Bonchev–Trinajstić information content (AvgIpc) is 2.30. The molecular formula is C13H15ClSi. The lowest BCUT2D eigenvalue weighted by atomic mass is 10.4. The van der Waals surface area contributed by atoms with Gasteiger partial charge < -0.3 is 0 Å². The second-order valence-corrected chi connectivity index (χ2v) is 6.32. The molecule has 0 fully saturated rings. The van der Waals surface area contributed by atoms with Gasteiger partial charge in [-0.05, 0) is 0 Å². The molecule has 0 N–H and O–H groups in total. The maximum absolute atomic E-state index is 2.38. The fourth-order valence-corrected chi connectivity index (χ4v) is 3.66. The minimum atomic E-state index is -0.919. The van der Waals surface area contributed by atoms with Gasteiger partial charge in [0.1, 0.15) is 0 Å². The van der Waals surface area contributed by atoms with Crippen molar-refractivity contribution in [2.75, 3.05) is 0 Å². The highest BCUT2D eigenvalue weighted by Gasteiger charge is 2.07. The number of hydrogen-bond acceptors (Lipinski definition) is 0. The van der Waals surface area contributed by atoms with Gasteiger partial charge in [0.05, 0.1) is 8.80 Å². The summed E-state index contributed by atoms with van der Waals surface area (Å²) in [5.41, 5.74) is 0. The lowest BCUT2D eigenvalue weighted by Crippen LogP contribution is -2.38. The first-order valence-corrected chi connectivity index (χ1v) is 7.29. The first kappa shape index (κ1) is 12.0. The van der Waals surface area contributed by atoms with Crippen LogP contribution >= 0.6 is 12.4 Å². The number of benzene rings is 2. The van der Waals surface area contributed by atoms with E-state index in [-0.39, 0.29) is 12.4 Å². The predicted molar refractivity (Wildman–Crippen MR) is 72.4 cm³/mol. The lowest BCUT2D eigenvalue weighted by molar-refractivity contribution is 1.72. The molecule has 0 atom stereocenters. The second-order valence-electron chi connectivity index (χ2n) is 3.54. The fraction of sp³-hybridized carbons (Fsp3) is 0.0769. The van der Waals surface area contributed by atoms with Crippen LogP contribution in [0.4, 0.5) is 0 Å². The monoisotopic (exact) mass is 234 g/mol. The van der Waals surface area contributed by atoms with E-state index in [1.54, 1.807) is 0 Å². The van der Waals surface area contributed by atoms with Crippen LogP contribution in [-0.4, -0.2) is 8.80 Å². The highest BCUT2D eigenvalue weighted by molar-refractivity contribution is 6.84. The molecule has 0 amide bonds. The number of hydrogen-bond donors (Lipinski definition) is 0. The third kappa shape index (κ3) is 2.95. The third-order valence-electron chi connectivity index (χ3n) is 2.60. The van der Waals surface area contributed by atoms with E-state index in [9.17, 15) is 0 Å². The van der Waals surface area contributed by atoms with E-state index in [1.165, 1.54) is 10.4 Å². The van der Waals surface area contributed by atoms with Gasteiger partial charge in [-0.15, -0.1) is 12.4 Å². The van der Waals surface area contributed by atoms with Crippen molar-refractivity contribution in [3.05, 3.63) is 60.7 Å². The molecule has 0 unspecified atom stereocenters. The van der Waals surface area contributed by atoms with Gasteiger partial charge in [0, 0.05) is 0 Å². The van der Waals surface area contributed by atoms with Gasteiger partial charge in [-0.3, -0.25) is 0 Å². The highest BCUT2D eigenvalue weighted by Crippen LogP contribution is 1.91. The standard InChI is InChI=1S/C13H14Si.ClH/c1-14(12-8-4-2-5-9-12)13-10-6-3-7-11-13;/h2-11,14H,1H3;1H. The molecule has 2 heteroatoms.